The summed E-state index contributed by atoms with van der Waals surface area (Å²) in [5, 5.41) is 2.83. The molecule has 0 saturated heterocycles. The molecule has 1 aromatic heterocycles. The van der Waals surface area contributed by atoms with Crippen LogP contribution in [-0.2, 0) is 5.75 Å². The van der Waals surface area contributed by atoms with Crippen molar-refractivity contribution in [3.05, 3.63) is 53.7 Å². The van der Waals surface area contributed by atoms with Crippen molar-refractivity contribution in [1.82, 2.24) is 4.98 Å². The standard InChI is InChI=1S/C16H18N2O2S/c1-3-20-16-14(5-4-10-17-16)18-15(19)13-8-6-12(7-9-13)11-21-2/h4-10H,3,11H2,1-2H3,(H,18,19). The highest BCUT2D eigenvalue weighted by molar-refractivity contribution is 7.97. The molecule has 4 nitrogen and oxygen atoms in total. The molecule has 0 aliphatic rings. The number of thioether (sulfide) groups is 1. The summed E-state index contributed by atoms with van der Waals surface area (Å²) < 4.78 is 5.40. The van der Waals surface area contributed by atoms with Crippen LogP contribution in [0, 0.1) is 0 Å². The van der Waals surface area contributed by atoms with Gasteiger partial charge in [0.15, 0.2) is 0 Å². The van der Waals surface area contributed by atoms with Crippen LogP contribution in [0.2, 0.25) is 0 Å². The third-order valence-electron chi connectivity index (χ3n) is 2.83. The van der Waals surface area contributed by atoms with Gasteiger partial charge in [0.1, 0.15) is 5.69 Å². The van der Waals surface area contributed by atoms with E-state index < -0.39 is 0 Å². The zero-order chi connectivity index (χ0) is 15.1. The Labute approximate surface area is 128 Å². The van der Waals surface area contributed by atoms with Crippen molar-refractivity contribution in [3.8, 4) is 5.88 Å². The lowest BCUT2D eigenvalue weighted by molar-refractivity contribution is 0.102. The van der Waals surface area contributed by atoms with E-state index in [9.17, 15) is 4.79 Å². The minimum absolute atomic E-state index is 0.167. The lowest BCUT2D eigenvalue weighted by atomic mass is 10.1. The number of hydrogen-bond acceptors (Lipinski definition) is 4. The van der Waals surface area contributed by atoms with E-state index in [4.69, 9.17) is 4.74 Å². The number of anilines is 1. The molecule has 2 aromatic rings. The SMILES string of the molecule is CCOc1ncccc1NC(=O)c1ccc(CSC)cc1. The van der Waals surface area contributed by atoms with Crippen molar-refractivity contribution in [2.24, 2.45) is 0 Å². The first-order valence-electron chi connectivity index (χ1n) is 6.71. The summed E-state index contributed by atoms with van der Waals surface area (Å²) in [5.41, 5.74) is 2.40. The molecular weight excluding hydrogens is 284 g/mol. The molecule has 21 heavy (non-hydrogen) atoms. The van der Waals surface area contributed by atoms with Crippen LogP contribution in [-0.4, -0.2) is 23.8 Å². The maximum Gasteiger partial charge on any atom is 0.255 e. The summed E-state index contributed by atoms with van der Waals surface area (Å²) >= 11 is 1.75. The number of aromatic nitrogens is 1. The Kier molecular flexibility index (Phi) is 5.63. The first kappa shape index (κ1) is 15.4. The molecular formula is C16H18N2O2S. The lowest BCUT2D eigenvalue weighted by Crippen LogP contribution is -2.13. The van der Waals surface area contributed by atoms with Crippen LogP contribution in [0.15, 0.2) is 42.6 Å². The van der Waals surface area contributed by atoms with Gasteiger partial charge >= 0.3 is 0 Å². The number of carbonyl (C=O) groups excluding carboxylic acids is 1. The maximum absolute atomic E-state index is 12.2. The Morgan fingerprint density at radius 1 is 1.29 bits per heavy atom. The van der Waals surface area contributed by atoms with Gasteiger partial charge in [-0.3, -0.25) is 4.79 Å². The van der Waals surface area contributed by atoms with Crippen molar-refractivity contribution in [1.29, 1.82) is 0 Å². The van der Waals surface area contributed by atoms with E-state index in [1.807, 2.05) is 31.2 Å². The zero-order valence-electron chi connectivity index (χ0n) is 12.1. The fourth-order valence-corrected chi connectivity index (χ4v) is 2.38. The first-order chi connectivity index (χ1) is 10.2. The minimum atomic E-state index is -0.167. The predicted molar refractivity (Wildman–Crippen MR) is 87.0 cm³/mol. The van der Waals surface area contributed by atoms with Crippen LogP contribution in [0.1, 0.15) is 22.8 Å². The normalized spacial score (nSPS) is 10.2. The molecule has 0 aliphatic heterocycles. The van der Waals surface area contributed by atoms with Crippen LogP contribution < -0.4 is 10.1 Å². The first-order valence-corrected chi connectivity index (χ1v) is 8.11. The van der Waals surface area contributed by atoms with Gasteiger partial charge in [-0.15, -0.1) is 0 Å². The second kappa shape index (κ2) is 7.69. The highest BCUT2D eigenvalue weighted by Crippen LogP contribution is 2.21. The Hall–Kier alpha value is -2.01. The summed E-state index contributed by atoms with van der Waals surface area (Å²) in [7, 11) is 0. The fourth-order valence-electron chi connectivity index (χ4n) is 1.85. The van der Waals surface area contributed by atoms with Gasteiger partial charge in [-0.25, -0.2) is 4.98 Å². The van der Waals surface area contributed by atoms with Gasteiger partial charge in [0.2, 0.25) is 5.88 Å². The van der Waals surface area contributed by atoms with Gasteiger partial charge < -0.3 is 10.1 Å². The maximum atomic E-state index is 12.2. The van der Waals surface area contributed by atoms with E-state index in [-0.39, 0.29) is 5.91 Å². The van der Waals surface area contributed by atoms with Gasteiger partial charge in [0.05, 0.1) is 6.61 Å². The second-order valence-corrected chi connectivity index (χ2v) is 5.24. The van der Waals surface area contributed by atoms with Crippen molar-refractivity contribution in [2.75, 3.05) is 18.2 Å². The molecule has 2 rings (SSSR count). The molecule has 0 aliphatic carbocycles. The number of nitrogens with one attached hydrogen (secondary N) is 1. The van der Waals surface area contributed by atoms with Gasteiger partial charge in [-0.1, -0.05) is 12.1 Å². The average Bonchev–Trinajstić information content (AvgIpc) is 2.50. The van der Waals surface area contributed by atoms with Crippen molar-refractivity contribution >= 4 is 23.4 Å². The summed E-state index contributed by atoms with van der Waals surface area (Å²) in [6, 6.07) is 11.1. The van der Waals surface area contributed by atoms with Gasteiger partial charge in [-0.2, -0.15) is 11.8 Å². The minimum Gasteiger partial charge on any atom is -0.476 e. The highest BCUT2D eigenvalue weighted by atomic mass is 32.2. The largest absolute Gasteiger partial charge is 0.476 e. The van der Waals surface area contributed by atoms with Crippen molar-refractivity contribution < 1.29 is 9.53 Å². The monoisotopic (exact) mass is 302 g/mol. The van der Waals surface area contributed by atoms with E-state index >= 15 is 0 Å². The lowest BCUT2D eigenvalue weighted by Gasteiger charge is -2.10. The zero-order valence-corrected chi connectivity index (χ0v) is 12.9. The molecule has 110 valence electrons. The number of carbonyl (C=O) groups is 1. The molecule has 1 amide bonds. The Balaban J connectivity index is 2.10. The third-order valence-corrected chi connectivity index (χ3v) is 3.45. The number of pyridine rings is 1. The van der Waals surface area contributed by atoms with E-state index in [2.05, 4.69) is 16.6 Å². The molecule has 1 N–H and O–H groups in total. The Morgan fingerprint density at radius 3 is 2.71 bits per heavy atom. The quantitative estimate of drug-likeness (QED) is 0.886. The van der Waals surface area contributed by atoms with E-state index in [0.717, 1.165) is 5.75 Å². The molecule has 0 saturated carbocycles. The van der Waals surface area contributed by atoms with E-state index in [1.165, 1.54) is 5.56 Å². The predicted octanol–water partition coefficient (Wildman–Crippen LogP) is 3.60. The highest BCUT2D eigenvalue weighted by Gasteiger charge is 2.10. The van der Waals surface area contributed by atoms with Crippen LogP contribution in [0.4, 0.5) is 5.69 Å². The van der Waals surface area contributed by atoms with Gasteiger partial charge in [-0.05, 0) is 43.0 Å². The number of ether oxygens (including phenoxy) is 1. The molecule has 5 heteroatoms. The molecule has 1 aromatic carbocycles. The smallest absolute Gasteiger partial charge is 0.255 e. The van der Waals surface area contributed by atoms with Crippen molar-refractivity contribution in [2.45, 2.75) is 12.7 Å². The molecule has 0 spiro atoms. The van der Waals surface area contributed by atoms with Crippen LogP contribution in [0.5, 0.6) is 5.88 Å². The molecule has 1 heterocycles. The molecule has 0 radical (unpaired) electrons. The summed E-state index contributed by atoms with van der Waals surface area (Å²) in [4.78, 5) is 16.4. The number of rotatable bonds is 6. The number of nitrogens with zero attached hydrogens (tertiary/aromatic N) is 1. The van der Waals surface area contributed by atoms with Crippen LogP contribution in [0.25, 0.3) is 0 Å². The topological polar surface area (TPSA) is 51.2 Å². The molecule has 0 bridgehead atoms. The van der Waals surface area contributed by atoms with Gasteiger partial charge in [0, 0.05) is 17.5 Å². The van der Waals surface area contributed by atoms with E-state index in [1.54, 1.807) is 30.1 Å². The average molecular weight is 302 g/mol. The second-order valence-electron chi connectivity index (χ2n) is 4.37. The van der Waals surface area contributed by atoms with Crippen LogP contribution >= 0.6 is 11.8 Å². The summed E-state index contributed by atoms with van der Waals surface area (Å²) in [6.07, 6.45) is 3.69. The van der Waals surface area contributed by atoms with Gasteiger partial charge in [0.25, 0.3) is 5.91 Å². The van der Waals surface area contributed by atoms with Crippen molar-refractivity contribution in [3.63, 3.8) is 0 Å². The fraction of sp³-hybridized carbons (Fsp3) is 0.250. The number of benzene rings is 1. The Morgan fingerprint density at radius 2 is 2.05 bits per heavy atom. The molecule has 0 fully saturated rings. The molecule has 0 unspecified atom stereocenters. The number of hydrogen-bond donors (Lipinski definition) is 1. The third kappa shape index (κ3) is 4.23. The number of amides is 1. The summed E-state index contributed by atoms with van der Waals surface area (Å²) in [5.74, 6) is 1.21. The van der Waals surface area contributed by atoms with E-state index in [0.29, 0.717) is 23.7 Å². The van der Waals surface area contributed by atoms with Crippen LogP contribution in [0.3, 0.4) is 0 Å². The Bertz CT molecular complexity index is 599. The molecule has 0 atom stereocenters. The summed E-state index contributed by atoms with van der Waals surface area (Å²) in [6.45, 7) is 2.38.